The number of aryl methyl sites for hydroxylation is 2. The molecule has 2 aromatic rings. The Kier molecular flexibility index (Phi) is 5.56. The Morgan fingerprint density at radius 2 is 1.83 bits per heavy atom. The standard InChI is InChI=1S/C17H23N3O3S/c1-12(2)9-15-5-7-16(8-6-15)24(22,23)18-11-17(21)20-14(4)10-13(3)19-20/h5-8,10,12,18H,9,11H2,1-4H3. The van der Waals surface area contributed by atoms with E-state index < -0.39 is 15.9 Å². The van der Waals surface area contributed by atoms with Crippen molar-refractivity contribution in [3.05, 3.63) is 47.3 Å². The normalized spacial score (nSPS) is 11.9. The molecule has 0 unspecified atom stereocenters. The summed E-state index contributed by atoms with van der Waals surface area (Å²) in [5.74, 6) is 0.0876. The molecule has 0 radical (unpaired) electrons. The number of benzene rings is 1. The van der Waals surface area contributed by atoms with Gasteiger partial charge in [0.05, 0.1) is 17.1 Å². The van der Waals surface area contributed by atoms with Crippen molar-refractivity contribution in [3.63, 3.8) is 0 Å². The van der Waals surface area contributed by atoms with Crippen LogP contribution < -0.4 is 4.72 Å². The molecule has 1 aromatic heterocycles. The summed E-state index contributed by atoms with van der Waals surface area (Å²) in [6, 6.07) is 8.50. The zero-order valence-corrected chi connectivity index (χ0v) is 15.2. The van der Waals surface area contributed by atoms with Gasteiger partial charge in [-0.15, -0.1) is 0 Å². The maximum Gasteiger partial charge on any atom is 0.262 e. The van der Waals surface area contributed by atoms with Crippen LogP contribution in [0.25, 0.3) is 0 Å². The summed E-state index contributed by atoms with van der Waals surface area (Å²) in [5, 5.41) is 4.05. The maximum absolute atomic E-state index is 12.3. The molecule has 1 N–H and O–H groups in total. The lowest BCUT2D eigenvalue weighted by Crippen LogP contribution is -2.33. The topological polar surface area (TPSA) is 81.1 Å². The Hall–Kier alpha value is -1.99. The van der Waals surface area contributed by atoms with Crippen LogP contribution in [0.4, 0.5) is 0 Å². The highest BCUT2D eigenvalue weighted by Crippen LogP contribution is 2.13. The fraction of sp³-hybridized carbons (Fsp3) is 0.412. The molecule has 6 nitrogen and oxygen atoms in total. The zero-order valence-electron chi connectivity index (χ0n) is 14.4. The van der Waals surface area contributed by atoms with Gasteiger partial charge in [0.25, 0.3) is 5.91 Å². The van der Waals surface area contributed by atoms with E-state index in [1.54, 1.807) is 44.2 Å². The van der Waals surface area contributed by atoms with Gasteiger partial charge in [-0.3, -0.25) is 4.79 Å². The molecule has 0 amide bonds. The number of hydrogen-bond donors (Lipinski definition) is 1. The van der Waals surface area contributed by atoms with Crippen LogP contribution in [0.1, 0.15) is 35.6 Å². The lowest BCUT2D eigenvalue weighted by Gasteiger charge is -2.09. The Morgan fingerprint density at radius 3 is 2.33 bits per heavy atom. The number of sulfonamides is 1. The van der Waals surface area contributed by atoms with Crippen LogP contribution in [0.2, 0.25) is 0 Å². The number of hydrogen-bond acceptors (Lipinski definition) is 4. The summed E-state index contributed by atoms with van der Waals surface area (Å²) >= 11 is 0. The number of nitrogens with zero attached hydrogens (tertiary/aromatic N) is 2. The van der Waals surface area contributed by atoms with E-state index in [0.29, 0.717) is 17.3 Å². The van der Waals surface area contributed by atoms with E-state index in [4.69, 9.17) is 0 Å². The molecule has 0 aliphatic rings. The zero-order chi connectivity index (χ0) is 17.9. The summed E-state index contributed by atoms with van der Waals surface area (Å²) in [6.45, 7) is 7.41. The molecule has 0 atom stereocenters. The molecule has 130 valence electrons. The molecule has 1 aromatic carbocycles. The maximum atomic E-state index is 12.3. The molecule has 0 saturated carbocycles. The molecule has 1 heterocycles. The third-order valence-corrected chi connectivity index (χ3v) is 4.95. The van der Waals surface area contributed by atoms with Gasteiger partial charge in [-0.05, 0) is 49.9 Å². The molecule has 2 rings (SSSR count). The second-order valence-electron chi connectivity index (χ2n) is 6.30. The van der Waals surface area contributed by atoms with Gasteiger partial charge in [-0.25, -0.2) is 17.8 Å². The SMILES string of the molecule is Cc1cc(C)n(C(=O)CNS(=O)(=O)c2ccc(CC(C)C)cc2)n1. The lowest BCUT2D eigenvalue weighted by molar-refractivity contribution is 0.0900. The first kappa shape index (κ1) is 18.4. The van der Waals surface area contributed by atoms with Gasteiger partial charge < -0.3 is 0 Å². The van der Waals surface area contributed by atoms with E-state index in [1.165, 1.54) is 4.68 Å². The molecule has 0 fully saturated rings. The number of carbonyl (C=O) groups is 1. The highest BCUT2D eigenvalue weighted by atomic mass is 32.2. The van der Waals surface area contributed by atoms with Gasteiger partial charge in [0.2, 0.25) is 10.0 Å². The van der Waals surface area contributed by atoms with Crippen molar-refractivity contribution in [1.82, 2.24) is 14.5 Å². The lowest BCUT2D eigenvalue weighted by atomic mass is 10.0. The van der Waals surface area contributed by atoms with Gasteiger partial charge in [0.1, 0.15) is 0 Å². The van der Waals surface area contributed by atoms with Crippen LogP contribution in [-0.2, 0) is 16.4 Å². The minimum atomic E-state index is -3.73. The van der Waals surface area contributed by atoms with Gasteiger partial charge in [0.15, 0.2) is 0 Å². The predicted octanol–water partition coefficient (Wildman–Crippen LogP) is 2.32. The van der Waals surface area contributed by atoms with Crippen LogP contribution in [0.3, 0.4) is 0 Å². The fourth-order valence-corrected chi connectivity index (χ4v) is 3.45. The highest BCUT2D eigenvalue weighted by molar-refractivity contribution is 7.89. The van der Waals surface area contributed by atoms with Crippen molar-refractivity contribution in [1.29, 1.82) is 0 Å². The molecule has 0 saturated heterocycles. The molecule has 0 spiro atoms. The summed E-state index contributed by atoms with van der Waals surface area (Å²) in [5.41, 5.74) is 2.47. The van der Waals surface area contributed by atoms with Crippen molar-refractivity contribution in [2.24, 2.45) is 5.92 Å². The van der Waals surface area contributed by atoms with E-state index in [0.717, 1.165) is 12.0 Å². The van der Waals surface area contributed by atoms with Gasteiger partial charge in [-0.1, -0.05) is 26.0 Å². The van der Waals surface area contributed by atoms with Crippen molar-refractivity contribution in [3.8, 4) is 0 Å². The average Bonchev–Trinajstić information content (AvgIpc) is 2.83. The van der Waals surface area contributed by atoms with Gasteiger partial charge >= 0.3 is 0 Å². The molecular formula is C17H23N3O3S. The third kappa shape index (κ3) is 4.52. The van der Waals surface area contributed by atoms with Crippen LogP contribution in [0.15, 0.2) is 35.2 Å². The molecule has 7 heteroatoms. The Bertz CT molecular complexity index is 821. The summed E-state index contributed by atoms with van der Waals surface area (Å²) in [6.07, 6.45) is 0.893. The second kappa shape index (κ2) is 7.27. The molecular weight excluding hydrogens is 326 g/mol. The first-order valence-corrected chi connectivity index (χ1v) is 9.32. The highest BCUT2D eigenvalue weighted by Gasteiger charge is 2.17. The van der Waals surface area contributed by atoms with E-state index in [9.17, 15) is 13.2 Å². The molecule has 0 bridgehead atoms. The number of nitrogens with one attached hydrogen (secondary N) is 1. The Balaban J connectivity index is 2.05. The third-order valence-electron chi connectivity index (χ3n) is 3.54. The van der Waals surface area contributed by atoms with Gasteiger partial charge in [0, 0.05) is 5.69 Å². The first-order valence-electron chi connectivity index (χ1n) is 7.84. The van der Waals surface area contributed by atoms with Gasteiger partial charge in [-0.2, -0.15) is 5.10 Å². The monoisotopic (exact) mass is 349 g/mol. The minimum Gasteiger partial charge on any atom is -0.271 e. The molecule has 0 aliphatic carbocycles. The summed E-state index contributed by atoms with van der Waals surface area (Å²) in [7, 11) is -3.73. The molecule has 24 heavy (non-hydrogen) atoms. The van der Waals surface area contributed by atoms with Crippen molar-refractivity contribution in [2.45, 2.75) is 39.0 Å². The average molecular weight is 349 g/mol. The summed E-state index contributed by atoms with van der Waals surface area (Å²) in [4.78, 5) is 12.3. The predicted molar refractivity (Wildman–Crippen MR) is 92.5 cm³/mol. The Labute approximate surface area is 142 Å². The second-order valence-corrected chi connectivity index (χ2v) is 8.07. The molecule has 0 aliphatic heterocycles. The van der Waals surface area contributed by atoms with E-state index in [-0.39, 0.29) is 11.4 Å². The van der Waals surface area contributed by atoms with Crippen molar-refractivity contribution in [2.75, 3.05) is 6.54 Å². The largest absolute Gasteiger partial charge is 0.271 e. The fourth-order valence-electron chi connectivity index (χ4n) is 2.47. The number of aromatic nitrogens is 2. The van der Waals surface area contributed by atoms with E-state index >= 15 is 0 Å². The van der Waals surface area contributed by atoms with E-state index in [2.05, 4.69) is 23.7 Å². The van der Waals surface area contributed by atoms with Crippen LogP contribution >= 0.6 is 0 Å². The Morgan fingerprint density at radius 1 is 1.21 bits per heavy atom. The van der Waals surface area contributed by atoms with Crippen molar-refractivity contribution >= 4 is 15.9 Å². The van der Waals surface area contributed by atoms with Crippen LogP contribution in [-0.4, -0.2) is 30.7 Å². The quantitative estimate of drug-likeness (QED) is 0.868. The minimum absolute atomic E-state index is 0.149. The van der Waals surface area contributed by atoms with E-state index in [1.807, 2.05) is 0 Å². The first-order chi connectivity index (χ1) is 11.2. The number of carbonyl (C=O) groups excluding carboxylic acids is 1. The smallest absolute Gasteiger partial charge is 0.262 e. The summed E-state index contributed by atoms with van der Waals surface area (Å²) < 4.78 is 28.1. The van der Waals surface area contributed by atoms with Crippen LogP contribution in [0.5, 0.6) is 0 Å². The number of rotatable bonds is 6. The van der Waals surface area contributed by atoms with Crippen molar-refractivity contribution < 1.29 is 13.2 Å². The van der Waals surface area contributed by atoms with Crippen LogP contribution in [0, 0.1) is 19.8 Å².